The molecule has 1 fully saturated rings. The molecule has 2 aliphatic heterocycles. The predicted octanol–water partition coefficient (Wildman–Crippen LogP) is 4.08. The molecule has 2 aliphatic rings. The molecule has 35 heavy (non-hydrogen) atoms. The normalized spacial score (nSPS) is 16.9. The minimum Gasteiger partial charge on any atom is -0.481 e. The Hall–Kier alpha value is -3.45. The van der Waals surface area contributed by atoms with E-state index in [4.69, 9.17) is 4.74 Å². The van der Waals surface area contributed by atoms with Gasteiger partial charge in [0.2, 0.25) is 5.88 Å². The lowest BCUT2D eigenvalue weighted by molar-refractivity contribution is 0.170. The molecule has 3 aromatic rings. The van der Waals surface area contributed by atoms with Crippen molar-refractivity contribution in [2.45, 2.75) is 26.4 Å². The molecule has 0 unspecified atom stereocenters. The van der Waals surface area contributed by atoms with Crippen LogP contribution in [0, 0.1) is 5.92 Å². The number of rotatable bonds is 8. The van der Waals surface area contributed by atoms with Gasteiger partial charge in [0.05, 0.1) is 19.3 Å². The van der Waals surface area contributed by atoms with E-state index >= 15 is 0 Å². The van der Waals surface area contributed by atoms with Gasteiger partial charge in [-0.2, -0.15) is 0 Å². The van der Waals surface area contributed by atoms with Crippen molar-refractivity contribution < 1.29 is 9.53 Å². The van der Waals surface area contributed by atoms with E-state index in [1.807, 2.05) is 40.3 Å². The van der Waals surface area contributed by atoms with Crippen molar-refractivity contribution in [1.29, 1.82) is 0 Å². The van der Waals surface area contributed by atoms with Crippen LogP contribution in [0.1, 0.15) is 23.7 Å². The van der Waals surface area contributed by atoms with Crippen LogP contribution in [-0.4, -0.2) is 70.5 Å². The maximum Gasteiger partial charge on any atom is 0.320 e. The summed E-state index contributed by atoms with van der Waals surface area (Å²) in [4.78, 5) is 28.3. The minimum absolute atomic E-state index is 0.117. The van der Waals surface area contributed by atoms with Gasteiger partial charge in [0.15, 0.2) is 0 Å². The smallest absolute Gasteiger partial charge is 0.320 e. The number of aromatic nitrogens is 2. The molecule has 0 aliphatic carbocycles. The Morgan fingerprint density at radius 2 is 1.63 bits per heavy atom. The lowest BCUT2D eigenvalue weighted by Crippen LogP contribution is -2.39. The van der Waals surface area contributed by atoms with Gasteiger partial charge in [-0.3, -0.25) is 9.88 Å². The molecule has 7 nitrogen and oxygen atoms in total. The van der Waals surface area contributed by atoms with Crippen LogP contribution in [0.5, 0.6) is 5.88 Å². The minimum atomic E-state index is 0.117. The van der Waals surface area contributed by atoms with E-state index in [1.54, 1.807) is 13.3 Å². The number of nitrogens with zero attached hydrogens (tertiary/aromatic N) is 5. The van der Waals surface area contributed by atoms with Gasteiger partial charge in [0.1, 0.15) is 0 Å². The summed E-state index contributed by atoms with van der Waals surface area (Å²) in [6, 6.07) is 16.7. The number of amides is 2. The fraction of sp³-hybridized carbons (Fsp3) is 0.393. The highest BCUT2D eigenvalue weighted by atomic mass is 16.5. The van der Waals surface area contributed by atoms with Crippen LogP contribution in [0.4, 0.5) is 4.79 Å². The molecule has 1 atom stereocenters. The Balaban J connectivity index is 1.12. The molecule has 5 rings (SSSR count). The highest BCUT2D eigenvalue weighted by Crippen LogP contribution is 2.22. The number of carbonyl (C=O) groups excluding carboxylic acids is 1. The zero-order chi connectivity index (χ0) is 24.2. The van der Waals surface area contributed by atoms with Gasteiger partial charge in [-0.1, -0.05) is 37.3 Å². The summed E-state index contributed by atoms with van der Waals surface area (Å²) in [5.41, 5.74) is 5.79. The monoisotopic (exact) mass is 471 g/mol. The van der Waals surface area contributed by atoms with Gasteiger partial charge in [-0.05, 0) is 35.6 Å². The van der Waals surface area contributed by atoms with Crippen molar-refractivity contribution in [3.05, 3.63) is 77.7 Å². The maximum atomic E-state index is 13.0. The molecule has 2 aromatic heterocycles. The molecule has 2 amide bonds. The van der Waals surface area contributed by atoms with Crippen LogP contribution < -0.4 is 4.74 Å². The van der Waals surface area contributed by atoms with E-state index in [1.165, 1.54) is 11.1 Å². The molecule has 1 aromatic carbocycles. The van der Waals surface area contributed by atoms with Crippen LogP contribution in [0.25, 0.3) is 11.1 Å². The molecule has 182 valence electrons. The summed E-state index contributed by atoms with van der Waals surface area (Å²) in [6.45, 7) is 8.23. The predicted molar refractivity (Wildman–Crippen MR) is 136 cm³/mol. The van der Waals surface area contributed by atoms with Crippen LogP contribution in [-0.2, 0) is 19.5 Å². The molecule has 0 N–H and O–H groups in total. The van der Waals surface area contributed by atoms with E-state index in [2.05, 4.69) is 46.1 Å². The highest BCUT2D eigenvalue weighted by molar-refractivity contribution is 5.76. The molecule has 0 spiro atoms. The van der Waals surface area contributed by atoms with E-state index in [0.717, 1.165) is 62.5 Å². The second-order valence-electron chi connectivity index (χ2n) is 9.64. The summed E-state index contributed by atoms with van der Waals surface area (Å²) in [7, 11) is 1.60. The summed E-state index contributed by atoms with van der Waals surface area (Å²) in [5.74, 6) is 1.02. The molecule has 0 radical (unpaired) electrons. The summed E-state index contributed by atoms with van der Waals surface area (Å²) in [5, 5.41) is 0. The molecule has 7 heteroatoms. The average molecular weight is 472 g/mol. The third kappa shape index (κ3) is 5.46. The standard InChI is InChI=1S/C28H33N5O2/c1-21(17-31-12-11-22-5-3-4-6-25(22)19-31)18-32-13-14-33(28(32)34)20-26-9-7-23(15-29-26)24-8-10-27(35-2)30-16-24/h3-10,15-16,21H,11-14,17-20H2,1-2H3/t21-/m1/s1. The molecular formula is C28H33N5O2. The second kappa shape index (κ2) is 10.4. The van der Waals surface area contributed by atoms with Crippen molar-refractivity contribution in [2.75, 3.05) is 39.8 Å². The topological polar surface area (TPSA) is 61.8 Å². The van der Waals surface area contributed by atoms with Gasteiger partial charge in [-0.25, -0.2) is 9.78 Å². The first-order valence-corrected chi connectivity index (χ1v) is 12.4. The molecular weight excluding hydrogens is 438 g/mol. The zero-order valence-corrected chi connectivity index (χ0v) is 20.6. The van der Waals surface area contributed by atoms with Gasteiger partial charge < -0.3 is 14.5 Å². The summed E-state index contributed by atoms with van der Waals surface area (Å²) >= 11 is 0. The molecule has 4 heterocycles. The Morgan fingerprint density at radius 3 is 2.34 bits per heavy atom. The van der Waals surface area contributed by atoms with Gasteiger partial charge in [0, 0.05) is 68.9 Å². The van der Waals surface area contributed by atoms with Gasteiger partial charge in [0.25, 0.3) is 0 Å². The van der Waals surface area contributed by atoms with Crippen LogP contribution in [0.2, 0.25) is 0 Å². The van der Waals surface area contributed by atoms with E-state index in [0.29, 0.717) is 18.3 Å². The molecule has 0 bridgehead atoms. The first kappa shape index (κ1) is 23.3. The number of hydrogen-bond donors (Lipinski definition) is 0. The summed E-state index contributed by atoms with van der Waals surface area (Å²) in [6.07, 6.45) is 4.73. The second-order valence-corrected chi connectivity index (χ2v) is 9.64. The number of benzene rings is 1. The number of hydrogen-bond acceptors (Lipinski definition) is 5. The zero-order valence-electron chi connectivity index (χ0n) is 20.6. The number of ether oxygens (including phenoxy) is 1. The third-order valence-corrected chi connectivity index (χ3v) is 6.95. The van der Waals surface area contributed by atoms with Gasteiger partial charge >= 0.3 is 6.03 Å². The Kier molecular flexibility index (Phi) is 6.95. The molecule has 1 saturated heterocycles. The van der Waals surface area contributed by atoms with Crippen molar-refractivity contribution in [1.82, 2.24) is 24.7 Å². The van der Waals surface area contributed by atoms with Crippen molar-refractivity contribution >= 4 is 6.03 Å². The van der Waals surface area contributed by atoms with Crippen molar-refractivity contribution in [3.8, 4) is 17.0 Å². The lowest BCUT2D eigenvalue weighted by Gasteiger charge is -2.32. The largest absolute Gasteiger partial charge is 0.481 e. The van der Waals surface area contributed by atoms with Gasteiger partial charge in [-0.15, -0.1) is 0 Å². The highest BCUT2D eigenvalue weighted by Gasteiger charge is 2.30. The quantitative estimate of drug-likeness (QED) is 0.495. The number of carbonyl (C=O) groups is 1. The maximum absolute atomic E-state index is 13.0. The van der Waals surface area contributed by atoms with Crippen LogP contribution in [0.15, 0.2) is 60.9 Å². The first-order chi connectivity index (χ1) is 17.1. The van der Waals surface area contributed by atoms with Crippen molar-refractivity contribution in [2.24, 2.45) is 5.92 Å². The van der Waals surface area contributed by atoms with Crippen LogP contribution in [0.3, 0.4) is 0 Å². The Bertz CT molecular complexity index is 1150. The number of methoxy groups -OCH3 is 1. The lowest BCUT2D eigenvalue weighted by atomic mass is 9.99. The van der Waals surface area contributed by atoms with E-state index in [9.17, 15) is 4.79 Å². The Labute approximate surface area is 207 Å². The van der Waals surface area contributed by atoms with Crippen LogP contribution >= 0.6 is 0 Å². The number of fused-ring (bicyclic) bond motifs is 1. The third-order valence-electron chi connectivity index (χ3n) is 6.95. The SMILES string of the molecule is COc1ccc(-c2ccc(CN3CCN(C[C@H](C)CN4CCc5ccccc5C4)C3=O)nc2)cn1. The average Bonchev–Trinajstić information content (AvgIpc) is 3.23. The number of pyridine rings is 2. The van der Waals surface area contributed by atoms with Crippen molar-refractivity contribution in [3.63, 3.8) is 0 Å². The first-order valence-electron chi connectivity index (χ1n) is 12.4. The fourth-order valence-electron chi connectivity index (χ4n) is 5.09. The van der Waals surface area contributed by atoms with E-state index in [-0.39, 0.29) is 6.03 Å². The van der Waals surface area contributed by atoms with E-state index < -0.39 is 0 Å². The number of urea groups is 1. The fourth-order valence-corrected chi connectivity index (χ4v) is 5.09. The Morgan fingerprint density at radius 1 is 0.886 bits per heavy atom. The molecule has 0 saturated carbocycles. The summed E-state index contributed by atoms with van der Waals surface area (Å²) < 4.78 is 5.12.